The molecule has 0 fully saturated rings. The van der Waals surface area contributed by atoms with Gasteiger partial charge >= 0.3 is 0 Å². The monoisotopic (exact) mass is 270 g/mol. The van der Waals surface area contributed by atoms with Crippen molar-refractivity contribution in [1.29, 1.82) is 0 Å². The van der Waals surface area contributed by atoms with E-state index >= 15 is 0 Å². The average Bonchev–Trinajstić information content (AvgIpc) is 2.19. The Hall–Kier alpha value is 0.380. The highest BCUT2D eigenvalue weighted by molar-refractivity contribution is 6.52. The van der Waals surface area contributed by atoms with Gasteiger partial charge in [0.25, 0.3) is 0 Å². The van der Waals surface area contributed by atoms with Gasteiger partial charge < -0.3 is 0 Å². The summed E-state index contributed by atoms with van der Waals surface area (Å²) < 4.78 is 0. The standard InChI is InChI=1S/C10H10Cl4/c1-3-5(2)6-4-7(11)9(13)10(14)8(6)12/h4-5H,3H2,1-2H3. The van der Waals surface area contributed by atoms with Crippen molar-refractivity contribution in [3.8, 4) is 0 Å². The van der Waals surface area contributed by atoms with Gasteiger partial charge in [0.1, 0.15) is 0 Å². The van der Waals surface area contributed by atoms with E-state index in [4.69, 9.17) is 46.4 Å². The minimum atomic E-state index is 0.324. The number of hydrogen-bond acceptors (Lipinski definition) is 0. The minimum Gasteiger partial charge on any atom is -0.0826 e. The second-order valence-corrected chi connectivity index (χ2v) is 4.74. The molecule has 0 saturated carbocycles. The van der Waals surface area contributed by atoms with Gasteiger partial charge in [-0.15, -0.1) is 0 Å². The van der Waals surface area contributed by atoms with Crippen LogP contribution in [-0.4, -0.2) is 0 Å². The summed E-state index contributed by atoms with van der Waals surface area (Å²) in [7, 11) is 0. The third kappa shape index (κ3) is 2.30. The Morgan fingerprint density at radius 1 is 1.07 bits per heavy atom. The Bertz CT molecular complexity index is 346. The lowest BCUT2D eigenvalue weighted by molar-refractivity contribution is 0.734. The molecular formula is C10H10Cl4. The zero-order valence-corrected chi connectivity index (χ0v) is 10.9. The molecule has 1 aromatic carbocycles. The van der Waals surface area contributed by atoms with Crippen molar-refractivity contribution in [3.05, 3.63) is 31.7 Å². The molecule has 1 unspecified atom stereocenters. The van der Waals surface area contributed by atoms with Gasteiger partial charge in [-0.1, -0.05) is 60.3 Å². The summed E-state index contributed by atoms with van der Waals surface area (Å²) in [5.74, 6) is 0.328. The molecule has 0 amide bonds. The number of halogens is 4. The van der Waals surface area contributed by atoms with Gasteiger partial charge in [0.15, 0.2) is 0 Å². The van der Waals surface area contributed by atoms with Crippen LogP contribution in [0, 0.1) is 0 Å². The summed E-state index contributed by atoms with van der Waals surface area (Å²) in [4.78, 5) is 0. The molecule has 0 aliphatic carbocycles. The van der Waals surface area contributed by atoms with Crippen molar-refractivity contribution >= 4 is 46.4 Å². The van der Waals surface area contributed by atoms with Crippen molar-refractivity contribution in [2.45, 2.75) is 26.2 Å². The van der Waals surface area contributed by atoms with Crippen LogP contribution in [0.15, 0.2) is 6.07 Å². The maximum absolute atomic E-state index is 6.07. The third-order valence-electron chi connectivity index (χ3n) is 2.27. The summed E-state index contributed by atoms with van der Waals surface area (Å²) in [6.07, 6.45) is 0.980. The highest BCUT2D eigenvalue weighted by Crippen LogP contribution is 2.41. The highest BCUT2D eigenvalue weighted by Gasteiger charge is 2.16. The maximum Gasteiger partial charge on any atom is 0.0796 e. The number of hydrogen-bond donors (Lipinski definition) is 0. The number of benzene rings is 1. The summed E-state index contributed by atoms with van der Waals surface area (Å²) in [6, 6.07) is 1.78. The van der Waals surface area contributed by atoms with Crippen LogP contribution < -0.4 is 0 Å². The van der Waals surface area contributed by atoms with E-state index in [0.29, 0.717) is 26.0 Å². The predicted octanol–water partition coefficient (Wildman–Crippen LogP) is 5.81. The fraction of sp³-hybridized carbons (Fsp3) is 0.400. The number of rotatable bonds is 2. The van der Waals surface area contributed by atoms with E-state index in [1.54, 1.807) is 6.07 Å². The summed E-state index contributed by atoms with van der Waals surface area (Å²) in [5, 5.41) is 1.63. The molecule has 0 N–H and O–H groups in total. The van der Waals surface area contributed by atoms with Gasteiger partial charge in [-0.2, -0.15) is 0 Å². The molecule has 0 radical (unpaired) electrons. The largest absolute Gasteiger partial charge is 0.0826 e. The predicted molar refractivity (Wildman–Crippen MR) is 65.2 cm³/mol. The quantitative estimate of drug-likeness (QED) is 0.470. The molecule has 0 spiro atoms. The Morgan fingerprint density at radius 2 is 1.64 bits per heavy atom. The van der Waals surface area contributed by atoms with E-state index in [1.807, 2.05) is 0 Å². The molecule has 78 valence electrons. The normalized spacial score (nSPS) is 13.0. The lowest BCUT2D eigenvalue weighted by Crippen LogP contribution is -1.94. The van der Waals surface area contributed by atoms with Crippen LogP contribution in [0.5, 0.6) is 0 Å². The van der Waals surface area contributed by atoms with E-state index in [9.17, 15) is 0 Å². The molecule has 0 heterocycles. The van der Waals surface area contributed by atoms with Gasteiger partial charge in [0.2, 0.25) is 0 Å². The van der Waals surface area contributed by atoms with Crippen molar-refractivity contribution in [2.24, 2.45) is 0 Å². The third-order valence-corrected chi connectivity index (χ3v) is 4.04. The molecule has 0 saturated heterocycles. The molecule has 14 heavy (non-hydrogen) atoms. The molecule has 1 aromatic rings. The minimum absolute atomic E-state index is 0.324. The summed E-state index contributed by atoms with van der Waals surface area (Å²) in [6.45, 7) is 4.15. The summed E-state index contributed by atoms with van der Waals surface area (Å²) in [5.41, 5.74) is 0.952. The Balaban J connectivity index is 3.33. The zero-order chi connectivity index (χ0) is 10.9. The van der Waals surface area contributed by atoms with Gasteiger partial charge in [0.05, 0.1) is 20.1 Å². The molecule has 4 heteroatoms. The van der Waals surface area contributed by atoms with Crippen molar-refractivity contribution in [1.82, 2.24) is 0 Å². The van der Waals surface area contributed by atoms with Crippen LogP contribution in [0.1, 0.15) is 31.7 Å². The first-order chi connectivity index (χ1) is 6.49. The van der Waals surface area contributed by atoms with Crippen molar-refractivity contribution in [2.75, 3.05) is 0 Å². The lowest BCUT2D eigenvalue weighted by Gasteiger charge is -2.14. The molecule has 1 atom stereocenters. The van der Waals surface area contributed by atoms with Crippen LogP contribution in [0.25, 0.3) is 0 Å². The second kappa shape index (κ2) is 4.94. The van der Waals surface area contributed by atoms with E-state index in [2.05, 4.69) is 13.8 Å². The molecule has 0 bridgehead atoms. The van der Waals surface area contributed by atoms with Crippen LogP contribution in [0.4, 0.5) is 0 Å². The van der Waals surface area contributed by atoms with Crippen LogP contribution in [0.3, 0.4) is 0 Å². The summed E-state index contributed by atoms with van der Waals surface area (Å²) >= 11 is 23.8. The fourth-order valence-corrected chi connectivity index (χ4v) is 2.17. The second-order valence-electron chi connectivity index (χ2n) is 3.20. The molecule has 0 aliphatic heterocycles. The first-order valence-corrected chi connectivity index (χ1v) is 5.83. The van der Waals surface area contributed by atoms with E-state index in [0.717, 1.165) is 12.0 Å². The Kier molecular flexibility index (Phi) is 4.39. The molecule has 0 aromatic heterocycles. The Labute approximate surface area is 104 Å². The van der Waals surface area contributed by atoms with Crippen LogP contribution in [0.2, 0.25) is 20.1 Å². The van der Waals surface area contributed by atoms with Gasteiger partial charge in [-0.25, -0.2) is 0 Å². The zero-order valence-electron chi connectivity index (χ0n) is 7.87. The van der Waals surface area contributed by atoms with Gasteiger partial charge in [0, 0.05) is 0 Å². The molecule has 1 rings (SSSR count). The average molecular weight is 272 g/mol. The first-order valence-electron chi connectivity index (χ1n) is 4.31. The Morgan fingerprint density at radius 3 is 2.14 bits per heavy atom. The van der Waals surface area contributed by atoms with E-state index in [-0.39, 0.29) is 0 Å². The molecular weight excluding hydrogens is 262 g/mol. The van der Waals surface area contributed by atoms with Crippen molar-refractivity contribution in [3.63, 3.8) is 0 Å². The van der Waals surface area contributed by atoms with E-state index in [1.165, 1.54) is 0 Å². The van der Waals surface area contributed by atoms with Gasteiger partial charge in [-0.3, -0.25) is 0 Å². The smallest absolute Gasteiger partial charge is 0.0796 e. The van der Waals surface area contributed by atoms with Crippen LogP contribution in [-0.2, 0) is 0 Å². The lowest BCUT2D eigenvalue weighted by atomic mass is 9.99. The highest BCUT2D eigenvalue weighted by atomic mass is 35.5. The molecule has 0 aliphatic rings. The first kappa shape index (κ1) is 12.4. The molecule has 0 nitrogen and oxygen atoms in total. The van der Waals surface area contributed by atoms with Crippen molar-refractivity contribution < 1.29 is 0 Å². The van der Waals surface area contributed by atoms with Gasteiger partial charge in [-0.05, 0) is 24.0 Å². The topological polar surface area (TPSA) is 0 Å². The fourth-order valence-electron chi connectivity index (χ4n) is 1.17. The van der Waals surface area contributed by atoms with Crippen LogP contribution >= 0.6 is 46.4 Å². The van der Waals surface area contributed by atoms with E-state index < -0.39 is 0 Å². The SMILES string of the molecule is CCC(C)c1cc(Cl)c(Cl)c(Cl)c1Cl. The maximum atomic E-state index is 6.07.